The third-order valence-corrected chi connectivity index (χ3v) is 3.80. The fourth-order valence-corrected chi connectivity index (χ4v) is 2.83. The molecular formula is C13H17N5O2. The molecule has 0 unspecified atom stereocenters. The number of carboxylic acids is 1. The van der Waals surface area contributed by atoms with Gasteiger partial charge in [-0.05, 0) is 12.8 Å². The first-order valence-corrected chi connectivity index (χ1v) is 6.84. The Morgan fingerprint density at radius 1 is 1.35 bits per heavy atom. The molecule has 0 aromatic carbocycles. The van der Waals surface area contributed by atoms with Gasteiger partial charge in [0.2, 0.25) is 0 Å². The van der Waals surface area contributed by atoms with Crippen molar-refractivity contribution in [3.05, 3.63) is 18.1 Å². The Hall–Kier alpha value is -2.18. The highest BCUT2D eigenvalue weighted by molar-refractivity contribution is 5.92. The van der Waals surface area contributed by atoms with Crippen LogP contribution in [0.5, 0.6) is 0 Å². The summed E-state index contributed by atoms with van der Waals surface area (Å²) < 4.78 is 3.43. The summed E-state index contributed by atoms with van der Waals surface area (Å²) in [5.41, 5.74) is 1.32. The lowest BCUT2D eigenvalue weighted by Crippen LogP contribution is -2.15. The van der Waals surface area contributed by atoms with Crippen LogP contribution in [0.15, 0.2) is 12.4 Å². The van der Waals surface area contributed by atoms with Crippen molar-refractivity contribution in [3.8, 4) is 11.3 Å². The number of nitrogens with zero attached hydrogens (tertiary/aromatic N) is 5. The molecule has 0 atom stereocenters. The fourth-order valence-electron chi connectivity index (χ4n) is 2.83. The molecule has 2 aromatic rings. The van der Waals surface area contributed by atoms with Crippen LogP contribution in [0.2, 0.25) is 0 Å². The van der Waals surface area contributed by atoms with Crippen molar-refractivity contribution >= 4 is 5.97 Å². The molecule has 20 heavy (non-hydrogen) atoms. The van der Waals surface area contributed by atoms with Gasteiger partial charge >= 0.3 is 5.97 Å². The minimum absolute atomic E-state index is 0.00331. The van der Waals surface area contributed by atoms with Crippen LogP contribution in [0.1, 0.15) is 48.6 Å². The van der Waals surface area contributed by atoms with E-state index in [4.69, 9.17) is 0 Å². The van der Waals surface area contributed by atoms with Crippen LogP contribution in [0.25, 0.3) is 11.3 Å². The van der Waals surface area contributed by atoms with Gasteiger partial charge in [0.15, 0.2) is 5.69 Å². The van der Waals surface area contributed by atoms with Crippen molar-refractivity contribution in [1.82, 2.24) is 24.8 Å². The Balaban J connectivity index is 2.08. The van der Waals surface area contributed by atoms with E-state index in [9.17, 15) is 9.90 Å². The SMILES string of the molecule is Cn1cc(-c2c(C(=O)O)nnn2C2CCCCC2)cn1. The lowest BCUT2D eigenvalue weighted by molar-refractivity contribution is 0.0691. The maximum absolute atomic E-state index is 11.4. The third-order valence-electron chi connectivity index (χ3n) is 3.80. The summed E-state index contributed by atoms with van der Waals surface area (Å²) in [5.74, 6) is -1.05. The monoisotopic (exact) mass is 275 g/mol. The summed E-state index contributed by atoms with van der Waals surface area (Å²) in [4.78, 5) is 11.4. The molecular weight excluding hydrogens is 258 g/mol. The maximum Gasteiger partial charge on any atom is 0.358 e. The standard InChI is InChI=1S/C13H17N5O2/c1-17-8-9(7-14-17)12-11(13(19)20)15-16-18(12)10-5-3-2-4-6-10/h7-8,10H,2-6H2,1H3,(H,19,20). The van der Waals surface area contributed by atoms with E-state index in [1.165, 1.54) is 6.42 Å². The Kier molecular flexibility index (Phi) is 3.25. The van der Waals surface area contributed by atoms with E-state index in [1.54, 1.807) is 28.8 Å². The number of aromatic nitrogens is 5. The second-order valence-corrected chi connectivity index (χ2v) is 5.23. The zero-order valence-electron chi connectivity index (χ0n) is 11.4. The molecule has 3 rings (SSSR count). The van der Waals surface area contributed by atoms with Crippen molar-refractivity contribution in [2.75, 3.05) is 0 Å². The molecule has 0 amide bonds. The topological polar surface area (TPSA) is 85.8 Å². The normalized spacial score (nSPS) is 16.4. The molecule has 1 aliphatic rings. The van der Waals surface area contributed by atoms with Crippen LogP contribution in [0, 0.1) is 0 Å². The summed E-state index contributed by atoms with van der Waals surface area (Å²) in [6.45, 7) is 0. The molecule has 0 spiro atoms. The quantitative estimate of drug-likeness (QED) is 0.924. The Morgan fingerprint density at radius 3 is 2.70 bits per heavy atom. The van der Waals surface area contributed by atoms with Crippen LogP contribution >= 0.6 is 0 Å². The van der Waals surface area contributed by atoms with Crippen molar-refractivity contribution in [1.29, 1.82) is 0 Å². The maximum atomic E-state index is 11.4. The van der Waals surface area contributed by atoms with E-state index in [1.807, 2.05) is 0 Å². The highest BCUT2D eigenvalue weighted by Crippen LogP contribution is 2.32. The molecule has 0 aliphatic heterocycles. The zero-order valence-corrected chi connectivity index (χ0v) is 11.4. The largest absolute Gasteiger partial charge is 0.476 e. The lowest BCUT2D eigenvalue weighted by Gasteiger charge is -2.22. The summed E-state index contributed by atoms with van der Waals surface area (Å²) in [7, 11) is 1.80. The van der Waals surface area contributed by atoms with Gasteiger partial charge in [-0.3, -0.25) is 4.68 Å². The first-order valence-electron chi connectivity index (χ1n) is 6.84. The van der Waals surface area contributed by atoms with Gasteiger partial charge in [0.1, 0.15) is 5.69 Å². The number of aryl methyl sites for hydroxylation is 1. The summed E-state index contributed by atoms with van der Waals surface area (Å²) in [5, 5.41) is 21.4. The predicted molar refractivity (Wildman–Crippen MR) is 71.3 cm³/mol. The molecule has 7 nitrogen and oxygen atoms in total. The van der Waals surface area contributed by atoms with E-state index in [0.29, 0.717) is 5.69 Å². The molecule has 1 N–H and O–H groups in total. The minimum Gasteiger partial charge on any atom is -0.476 e. The molecule has 0 radical (unpaired) electrons. The van der Waals surface area contributed by atoms with E-state index in [2.05, 4.69) is 15.4 Å². The molecule has 1 fully saturated rings. The fraction of sp³-hybridized carbons (Fsp3) is 0.538. The van der Waals surface area contributed by atoms with E-state index in [0.717, 1.165) is 31.2 Å². The predicted octanol–water partition coefficient (Wildman–Crippen LogP) is 1.88. The van der Waals surface area contributed by atoms with Crippen molar-refractivity contribution in [2.24, 2.45) is 7.05 Å². The van der Waals surface area contributed by atoms with Gasteiger partial charge in [-0.25, -0.2) is 9.48 Å². The Morgan fingerprint density at radius 2 is 2.10 bits per heavy atom. The average molecular weight is 275 g/mol. The summed E-state index contributed by atoms with van der Waals surface area (Å²) in [6.07, 6.45) is 9.04. The number of hydrogen-bond donors (Lipinski definition) is 1. The van der Waals surface area contributed by atoms with Gasteiger partial charge in [0.05, 0.1) is 12.2 Å². The van der Waals surface area contributed by atoms with E-state index < -0.39 is 5.97 Å². The number of carboxylic acid groups (broad SMARTS) is 1. The van der Waals surface area contributed by atoms with Crippen molar-refractivity contribution in [2.45, 2.75) is 38.1 Å². The smallest absolute Gasteiger partial charge is 0.358 e. The van der Waals surface area contributed by atoms with E-state index in [-0.39, 0.29) is 11.7 Å². The average Bonchev–Trinajstić information content (AvgIpc) is 3.05. The number of carbonyl (C=O) groups is 1. The van der Waals surface area contributed by atoms with Gasteiger partial charge in [0, 0.05) is 18.8 Å². The van der Waals surface area contributed by atoms with Gasteiger partial charge in [-0.1, -0.05) is 24.5 Å². The molecule has 2 heterocycles. The summed E-state index contributed by atoms with van der Waals surface area (Å²) >= 11 is 0. The second-order valence-electron chi connectivity index (χ2n) is 5.23. The molecule has 1 saturated carbocycles. The molecule has 0 saturated heterocycles. The van der Waals surface area contributed by atoms with Crippen LogP contribution in [0.3, 0.4) is 0 Å². The van der Waals surface area contributed by atoms with Gasteiger partial charge in [-0.2, -0.15) is 5.10 Å². The lowest BCUT2D eigenvalue weighted by atomic mass is 9.95. The first kappa shape index (κ1) is 12.8. The first-order chi connectivity index (χ1) is 9.66. The Labute approximate surface area is 116 Å². The number of aromatic carboxylic acids is 1. The molecule has 1 aliphatic carbocycles. The van der Waals surface area contributed by atoms with Crippen LogP contribution in [-0.2, 0) is 7.05 Å². The zero-order chi connectivity index (χ0) is 14.1. The summed E-state index contributed by atoms with van der Waals surface area (Å²) in [6, 6.07) is 0.236. The van der Waals surface area contributed by atoms with Crippen molar-refractivity contribution < 1.29 is 9.90 Å². The molecule has 106 valence electrons. The highest BCUT2D eigenvalue weighted by atomic mass is 16.4. The highest BCUT2D eigenvalue weighted by Gasteiger charge is 2.26. The van der Waals surface area contributed by atoms with E-state index >= 15 is 0 Å². The van der Waals surface area contributed by atoms with Crippen LogP contribution in [-0.4, -0.2) is 35.9 Å². The molecule has 7 heteroatoms. The molecule has 0 bridgehead atoms. The van der Waals surface area contributed by atoms with Gasteiger partial charge in [-0.15, -0.1) is 5.10 Å². The minimum atomic E-state index is -1.05. The van der Waals surface area contributed by atoms with Gasteiger partial charge < -0.3 is 5.11 Å². The van der Waals surface area contributed by atoms with Gasteiger partial charge in [0.25, 0.3) is 0 Å². The third kappa shape index (κ3) is 2.19. The second kappa shape index (κ2) is 5.07. The van der Waals surface area contributed by atoms with Crippen LogP contribution < -0.4 is 0 Å². The Bertz CT molecular complexity index is 624. The molecule has 2 aromatic heterocycles. The van der Waals surface area contributed by atoms with Crippen LogP contribution in [0.4, 0.5) is 0 Å². The number of rotatable bonds is 3. The van der Waals surface area contributed by atoms with Crippen molar-refractivity contribution in [3.63, 3.8) is 0 Å². The number of hydrogen-bond acceptors (Lipinski definition) is 4.